The predicted octanol–water partition coefficient (Wildman–Crippen LogP) is 2.11. The normalized spacial score (nSPS) is 10.3. The number of nitrogens with zero attached hydrogens (tertiary/aromatic N) is 3. The van der Waals surface area contributed by atoms with Crippen LogP contribution in [0.1, 0.15) is 42.9 Å². The van der Waals surface area contributed by atoms with E-state index in [0.29, 0.717) is 11.6 Å². The molecule has 0 spiro atoms. The van der Waals surface area contributed by atoms with Crippen molar-refractivity contribution in [1.82, 2.24) is 9.97 Å². The van der Waals surface area contributed by atoms with Gasteiger partial charge in [-0.2, -0.15) is 0 Å². The van der Waals surface area contributed by atoms with Crippen LogP contribution < -0.4 is 4.90 Å². The lowest BCUT2D eigenvalue weighted by atomic mass is 10.3. The summed E-state index contributed by atoms with van der Waals surface area (Å²) in [5, 5.41) is 8.97. The van der Waals surface area contributed by atoms with Gasteiger partial charge in [0.05, 0.1) is 0 Å². The Kier molecular flexibility index (Phi) is 4.87. The summed E-state index contributed by atoms with van der Waals surface area (Å²) >= 11 is 0. The van der Waals surface area contributed by atoms with Crippen molar-refractivity contribution in [3.63, 3.8) is 0 Å². The molecule has 0 radical (unpaired) electrons. The maximum absolute atomic E-state index is 10.9. The van der Waals surface area contributed by atoms with Gasteiger partial charge in [-0.15, -0.1) is 0 Å². The maximum atomic E-state index is 10.9. The second-order valence-corrected chi connectivity index (χ2v) is 3.99. The largest absolute Gasteiger partial charge is 0.477 e. The van der Waals surface area contributed by atoms with Gasteiger partial charge in [-0.1, -0.05) is 13.8 Å². The third-order valence-electron chi connectivity index (χ3n) is 2.33. The minimum Gasteiger partial charge on any atom is -0.477 e. The van der Waals surface area contributed by atoms with Crippen molar-refractivity contribution < 1.29 is 9.90 Å². The summed E-state index contributed by atoms with van der Waals surface area (Å²) in [5.74, 6) is -0.490. The Balaban J connectivity index is 3.04. The summed E-state index contributed by atoms with van der Waals surface area (Å²) in [7, 11) is 0. The molecule has 1 rings (SSSR count). The summed E-state index contributed by atoms with van der Waals surface area (Å²) in [6.45, 7) is 7.63. The standard InChI is InChI=1S/C12H19N3O2/c1-4-6-15(7-5-2)12-13-9(3)8-10(14-12)11(16)17/h8H,4-7H2,1-3H3,(H,16,17). The molecule has 0 atom stereocenters. The van der Waals surface area contributed by atoms with Crippen LogP contribution in [0, 0.1) is 6.92 Å². The van der Waals surface area contributed by atoms with E-state index in [-0.39, 0.29) is 5.69 Å². The highest BCUT2D eigenvalue weighted by Gasteiger charge is 2.13. The van der Waals surface area contributed by atoms with Crippen molar-refractivity contribution in [2.24, 2.45) is 0 Å². The topological polar surface area (TPSA) is 66.3 Å². The van der Waals surface area contributed by atoms with E-state index in [1.807, 2.05) is 4.90 Å². The zero-order chi connectivity index (χ0) is 12.8. The number of aromatic nitrogens is 2. The molecule has 1 aromatic heterocycles. The molecular formula is C12H19N3O2. The van der Waals surface area contributed by atoms with Gasteiger partial charge in [0.25, 0.3) is 0 Å². The Morgan fingerprint density at radius 3 is 2.35 bits per heavy atom. The van der Waals surface area contributed by atoms with Crippen molar-refractivity contribution in [3.05, 3.63) is 17.5 Å². The Hall–Kier alpha value is -1.65. The highest BCUT2D eigenvalue weighted by molar-refractivity contribution is 5.85. The second-order valence-electron chi connectivity index (χ2n) is 3.99. The van der Waals surface area contributed by atoms with E-state index >= 15 is 0 Å². The Bertz CT molecular complexity index is 387. The van der Waals surface area contributed by atoms with Crippen molar-refractivity contribution in [1.29, 1.82) is 0 Å². The van der Waals surface area contributed by atoms with Crippen LogP contribution in [-0.2, 0) is 0 Å². The Labute approximate surface area is 102 Å². The monoisotopic (exact) mass is 237 g/mol. The SMILES string of the molecule is CCCN(CCC)c1nc(C)cc(C(=O)O)n1. The summed E-state index contributed by atoms with van der Waals surface area (Å²) in [5.41, 5.74) is 0.745. The van der Waals surface area contributed by atoms with Gasteiger partial charge in [0.15, 0.2) is 5.69 Å². The Morgan fingerprint density at radius 2 is 1.88 bits per heavy atom. The van der Waals surface area contributed by atoms with Gasteiger partial charge >= 0.3 is 5.97 Å². The number of carbonyl (C=O) groups is 1. The minimum atomic E-state index is -1.01. The summed E-state index contributed by atoms with van der Waals surface area (Å²) in [6, 6.07) is 1.49. The fourth-order valence-electron chi connectivity index (χ4n) is 1.66. The number of anilines is 1. The highest BCUT2D eigenvalue weighted by Crippen LogP contribution is 2.11. The number of aryl methyl sites for hydroxylation is 1. The van der Waals surface area contributed by atoms with Crippen LogP contribution >= 0.6 is 0 Å². The van der Waals surface area contributed by atoms with Crippen molar-refractivity contribution in [2.75, 3.05) is 18.0 Å². The molecule has 0 aromatic carbocycles. The van der Waals surface area contributed by atoms with Crippen LogP contribution in [0.25, 0.3) is 0 Å². The molecule has 17 heavy (non-hydrogen) atoms. The van der Waals surface area contributed by atoms with E-state index in [1.165, 1.54) is 6.07 Å². The molecule has 1 aromatic rings. The number of carboxylic acids is 1. The number of hydrogen-bond acceptors (Lipinski definition) is 4. The number of rotatable bonds is 6. The second kappa shape index (κ2) is 6.18. The Morgan fingerprint density at radius 1 is 1.29 bits per heavy atom. The van der Waals surface area contributed by atoms with Crippen LogP contribution in [0.15, 0.2) is 6.07 Å². The van der Waals surface area contributed by atoms with E-state index in [0.717, 1.165) is 25.9 Å². The number of hydrogen-bond donors (Lipinski definition) is 1. The summed E-state index contributed by atoms with van der Waals surface area (Å²) in [6.07, 6.45) is 1.97. The number of carboxylic acid groups (broad SMARTS) is 1. The lowest BCUT2D eigenvalue weighted by molar-refractivity contribution is 0.0690. The third-order valence-corrected chi connectivity index (χ3v) is 2.33. The first-order valence-corrected chi connectivity index (χ1v) is 5.92. The molecule has 1 heterocycles. The highest BCUT2D eigenvalue weighted by atomic mass is 16.4. The molecule has 94 valence electrons. The predicted molar refractivity (Wildman–Crippen MR) is 66.5 cm³/mol. The van der Waals surface area contributed by atoms with Crippen molar-refractivity contribution >= 4 is 11.9 Å². The fraction of sp³-hybridized carbons (Fsp3) is 0.583. The fourth-order valence-corrected chi connectivity index (χ4v) is 1.66. The summed E-state index contributed by atoms with van der Waals surface area (Å²) in [4.78, 5) is 21.4. The average Bonchev–Trinajstić information content (AvgIpc) is 2.28. The minimum absolute atomic E-state index is 0.0599. The molecule has 0 aliphatic carbocycles. The first-order chi connectivity index (χ1) is 8.08. The van der Waals surface area contributed by atoms with E-state index in [9.17, 15) is 4.79 Å². The molecule has 0 bridgehead atoms. The van der Waals surface area contributed by atoms with Crippen LogP contribution in [0.3, 0.4) is 0 Å². The molecule has 5 nitrogen and oxygen atoms in total. The van der Waals surface area contributed by atoms with Gasteiger partial charge in [-0.3, -0.25) is 0 Å². The smallest absolute Gasteiger partial charge is 0.354 e. The first kappa shape index (κ1) is 13.4. The molecular weight excluding hydrogens is 218 g/mol. The number of aromatic carboxylic acids is 1. The van der Waals surface area contributed by atoms with Crippen molar-refractivity contribution in [2.45, 2.75) is 33.6 Å². The average molecular weight is 237 g/mol. The molecule has 0 unspecified atom stereocenters. The van der Waals surface area contributed by atoms with Gasteiger partial charge < -0.3 is 10.0 Å². The maximum Gasteiger partial charge on any atom is 0.354 e. The summed E-state index contributed by atoms with van der Waals surface area (Å²) < 4.78 is 0. The molecule has 0 saturated heterocycles. The van der Waals surface area contributed by atoms with E-state index in [2.05, 4.69) is 23.8 Å². The lowest BCUT2D eigenvalue weighted by Crippen LogP contribution is -2.27. The zero-order valence-electron chi connectivity index (χ0n) is 10.6. The van der Waals surface area contributed by atoms with Gasteiger partial charge in [-0.05, 0) is 25.8 Å². The van der Waals surface area contributed by atoms with Crippen molar-refractivity contribution in [3.8, 4) is 0 Å². The van der Waals surface area contributed by atoms with Gasteiger partial charge in [-0.25, -0.2) is 14.8 Å². The van der Waals surface area contributed by atoms with Gasteiger partial charge in [0, 0.05) is 18.8 Å². The zero-order valence-corrected chi connectivity index (χ0v) is 10.6. The molecule has 5 heteroatoms. The van der Waals surface area contributed by atoms with Crippen LogP contribution in [0.4, 0.5) is 5.95 Å². The first-order valence-electron chi connectivity index (χ1n) is 5.92. The molecule has 0 aliphatic heterocycles. The van der Waals surface area contributed by atoms with E-state index in [4.69, 9.17) is 5.11 Å². The van der Waals surface area contributed by atoms with Crippen LogP contribution in [0.2, 0.25) is 0 Å². The lowest BCUT2D eigenvalue weighted by Gasteiger charge is -2.21. The third kappa shape index (κ3) is 3.69. The molecule has 0 aliphatic rings. The van der Waals surface area contributed by atoms with E-state index < -0.39 is 5.97 Å². The molecule has 1 N–H and O–H groups in total. The quantitative estimate of drug-likeness (QED) is 0.820. The molecule has 0 fully saturated rings. The molecule has 0 amide bonds. The molecule has 0 saturated carbocycles. The van der Waals surface area contributed by atoms with Gasteiger partial charge in [0.1, 0.15) is 0 Å². The van der Waals surface area contributed by atoms with Crippen LogP contribution in [0.5, 0.6) is 0 Å². The van der Waals surface area contributed by atoms with Crippen LogP contribution in [-0.4, -0.2) is 34.1 Å². The van der Waals surface area contributed by atoms with E-state index in [1.54, 1.807) is 6.92 Å². The van der Waals surface area contributed by atoms with Gasteiger partial charge in [0.2, 0.25) is 5.95 Å².